The van der Waals surface area contributed by atoms with Gasteiger partial charge in [0, 0.05) is 6.42 Å². The van der Waals surface area contributed by atoms with Gasteiger partial charge >= 0.3 is 5.97 Å². The van der Waals surface area contributed by atoms with Gasteiger partial charge in [0.15, 0.2) is 0 Å². The molecule has 0 aromatic heterocycles. The minimum Gasteiger partial charge on any atom is -0.480 e. The second-order valence-electron chi connectivity index (χ2n) is 5.70. The zero-order valence-corrected chi connectivity index (χ0v) is 13.3. The summed E-state index contributed by atoms with van der Waals surface area (Å²) in [7, 11) is 1.75. The minimum absolute atomic E-state index is 0.213. The highest BCUT2D eigenvalue weighted by atomic mass is 32.2. The van der Waals surface area contributed by atoms with Crippen LogP contribution in [0, 0.1) is 0 Å². The molecule has 0 fully saturated rings. The first-order chi connectivity index (χ1) is 9.07. The van der Waals surface area contributed by atoms with Gasteiger partial charge in [0.1, 0.15) is 6.04 Å². The number of nitrogens with zero attached hydrogens (tertiary/aromatic N) is 1. The Hall–Kier alpha value is -0.700. The highest BCUT2D eigenvalue weighted by Gasteiger charge is 2.18. The topological polar surface area (TPSA) is 104 Å². The molecule has 3 N–H and O–H groups in total. The Morgan fingerprint density at radius 3 is 2.20 bits per heavy atom. The lowest BCUT2D eigenvalue weighted by Crippen LogP contribution is -2.42. The van der Waals surface area contributed by atoms with Crippen LogP contribution in [0.1, 0.15) is 25.7 Å². The first-order valence-corrected chi connectivity index (χ1v) is 8.35. The molecule has 8 heteroatoms. The summed E-state index contributed by atoms with van der Waals surface area (Å²) in [5.74, 6) is -1.05. The first kappa shape index (κ1) is 19.3. The molecule has 0 aliphatic heterocycles. The molecule has 0 aromatic rings. The lowest BCUT2D eigenvalue weighted by molar-refractivity contribution is -0.890. The molecule has 0 aromatic carbocycles. The van der Waals surface area contributed by atoms with Gasteiger partial charge in [-0.1, -0.05) is 0 Å². The number of carbonyl (C=O) groups is 1. The predicted molar refractivity (Wildman–Crippen MR) is 77.2 cm³/mol. The maximum absolute atomic E-state index is 10.8. The van der Waals surface area contributed by atoms with Crippen LogP contribution in [0.2, 0.25) is 0 Å². The molecule has 0 radical (unpaired) electrons. The summed E-state index contributed by atoms with van der Waals surface area (Å²) >= 11 is 0. The molecular weight excluding hydrogens is 284 g/mol. The largest absolute Gasteiger partial charge is 0.480 e. The van der Waals surface area contributed by atoms with Gasteiger partial charge in [-0.05, 0) is 26.3 Å². The normalized spacial score (nSPS) is 14.2. The maximum Gasteiger partial charge on any atom is 0.320 e. The fourth-order valence-electron chi connectivity index (χ4n) is 2.07. The summed E-state index contributed by atoms with van der Waals surface area (Å²) in [6.45, 7) is 1.51. The molecule has 7 nitrogen and oxygen atoms in total. The zero-order valence-electron chi connectivity index (χ0n) is 12.5. The number of unbranched alkanes of at least 4 members (excludes halogenated alkanes) is 1. The van der Waals surface area contributed by atoms with Crippen LogP contribution in [0.4, 0.5) is 0 Å². The third-order valence-corrected chi connectivity index (χ3v) is 4.12. The third-order valence-electron chi connectivity index (χ3n) is 3.32. The average Bonchev–Trinajstić information content (AvgIpc) is 2.26. The van der Waals surface area contributed by atoms with Gasteiger partial charge in [0.05, 0.1) is 32.9 Å². The van der Waals surface area contributed by atoms with E-state index in [2.05, 4.69) is 5.32 Å². The Morgan fingerprint density at radius 1 is 1.20 bits per heavy atom. The SMILES string of the molecule is CN[C@H](CCCC[N+](C)(C)CCCS(=O)(=O)O)C(=O)O. The van der Waals surface area contributed by atoms with Crippen molar-refractivity contribution in [3.63, 3.8) is 0 Å². The summed E-state index contributed by atoms with van der Waals surface area (Å²) in [6, 6.07) is -0.509. The second-order valence-corrected chi connectivity index (χ2v) is 7.27. The molecular formula is C12H27N2O5S+. The maximum atomic E-state index is 10.8. The molecule has 0 saturated carbocycles. The first-order valence-electron chi connectivity index (χ1n) is 6.74. The molecule has 0 aliphatic carbocycles. The van der Waals surface area contributed by atoms with E-state index in [0.29, 0.717) is 23.9 Å². The van der Waals surface area contributed by atoms with E-state index in [1.165, 1.54) is 0 Å². The Kier molecular flexibility index (Phi) is 8.26. The van der Waals surface area contributed by atoms with E-state index in [0.717, 1.165) is 19.4 Å². The highest BCUT2D eigenvalue weighted by molar-refractivity contribution is 7.85. The molecule has 120 valence electrons. The van der Waals surface area contributed by atoms with E-state index < -0.39 is 22.1 Å². The summed E-state index contributed by atoms with van der Waals surface area (Å²) in [5.41, 5.74) is 0. The minimum atomic E-state index is -3.88. The Balaban J connectivity index is 3.90. The number of carboxylic acids is 1. The summed E-state index contributed by atoms with van der Waals surface area (Å²) < 4.78 is 30.6. The number of likely N-dealkylation sites (N-methyl/N-ethyl adjacent to an activating group) is 1. The predicted octanol–water partition coefficient (Wildman–Crippen LogP) is 0.184. The van der Waals surface area contributed by atoms with Crippen molar-refractivity contribution in [2.24, 2.45) is 0 Å². The van der Waals surface area contributed by atoms with E-state index in [-0.39, 0.29) is 5.75 Å². The van der Waals surface area contributed by atoms with Crippen molar-refractivity contribution in [3.8, 4) is 0 Å². The average molecular weight is 311 g/mol. The molecule has 0 heterocycles. The standard InChI is InChI=1S/C12H26N2O5S/c1-13-11(12(15)16)7-4-5-8-14(2,3)9-6-10-20(17,18)19/h11,13H,4-10H2,1-3H3,(H-,15,16,17,18,19)/p+1/t11-/m1/s1. The van der Waals surface area contributed by atoms with Crippen molar-refractivity contribution in [2.75, 3.05) is 40.0 Å². The van der Waals surface area contributed by atoms with Crippen LogP contribution in [-0.2, 0) is 14.9 Å². The van der Waals surface area contributed by atoms with Crippen LogP contribution in [0.3, 0.4) is 0 Å². The molecule has 1 atom stereocenters. The number of hydrogen-bond donors (Lipinski definition) is 3. The quantitative estimate of drug-likeness (QED) is 0.286. The van der Waals surface area contributed by atoms with Crippen molar-refractivity contribution < 1.29 is 27.4 Å². The zero-order chi connectivity index (χ0) is 15.8. The van der Waals surface area contributed by atoms with Crippen molar-refractivity contribution in [3.05, 3.63) is 0 Å². The van der Waals surface area contributed by atoms with Crippen LogP contribution in [-0.4, -0.2) is 74.6 Å². The fraction of sp³-hybridized carbons (Fsp3) is 0.917. The van der Waals surface area contributed by atoms with E-state index in [9.17, 15) is 13.2 Å². The lowest BCUT2D eigenvalue weighted by Gasteiger charge is -2.29. The van der Waals surface area contributed by atoms with Crippen molar-refractivity contribution in [1.82, 2.24) is 5.32 Å². The Morgan fingerprint density at radius 2 is 1.75 bits per heavy atom. The lowest BCUT2D eigenvalue weighted by atomic mass is 10.1. The van der Waals surface area contributed by atoms with E-state index >= 15 is 0 Å². The van der Waals surface area contributed by atoms with Crippen LogP contribution in [0.15, 0.2) is 0 Å². The number of aliphatic carboxylic acids is 1. The Bertz CT molecular complexity index is 395. The van der Waals surface area contributed by atoms with Gasteiger partial charge in [-0.2, -0.15) is 8.42 Å². The molecule has 0 unspecified atom stereocenters. The molecule has 0 bridgehead atoms. The molecule has 20 heavy (non-hydrogen) atoms. The molecule has 0 saturated heterocycles. The number of quaternary nitrogens is 1. The molecule has 0 aliphatic rings. The molecule has 0 rings (SSSR count). The van der Waals surface area contributed by atoms with Gasteiger partial charge in [-0.25, -0.2) is 0 Å². The van der Waals surface area contributed by atoms with Gasteiger partial charge < -0.3 is 14.9 Å². The van der Waals surface area contributed by atoms with Gasteiger partial charge in [-0.15, -0.1) is 0 Å². The van der Waals surface area contributed by atoms with Crippen LogP contribution < -0.4 is 5.32 Å². The monoisotopic (exact) mass is 311 g/mol. The van der Waals surface area contributed by atoms with Gasteiger partial charge in [0.2, 0.25) is 0 Å². The van der Waals surface area contributed by atoms with E-state index in [1.807, 2.05) is 14.1 Å². The van der Waals surface area contributed by atoms with E-state index in [4.69, 9.17) is 9.66 Å². The number of nitrogens with one attached hydrogen (secondary N) is 1. The van der Waals surface area contributed by atoms with Crippen molar-refractivity contribution in [1.29, 1.82) is 0 Å². The van der Waals surface area contributed by atoms with Crippen LogP contribution in [0.25, 0.3) is 0 Å². The Labute approximate surface area is 121 Å². The summed E-state index contributed by atoms with van der Waals surface area (Å²) in [5, 5.41) is 11.6. The van der Waals surface area contributed by atoms with Gasteiger partial charge in [-0.3, -0.25) is 9.35 Å². The third kappa shape index (κ3) is 10.1. The smallest absolute Gasteiger partial charge is 0.320 e. The second kappa shape index (κ2) is 8.56. The molecule has 0 spiro atoms. The van der Waals surface area contributed by atoms with Crippen molar-refractivity contribution in [2.45, 2.75) is 31.7 Å². The number of rotatable bonds is 11. The number of hydrogen-bond acceptors (Lipinski definition) is 4. The molecule has 0 amide bonds. The van der Waals surface area contributed by atoms with E-state index in [1.54, 1.807) is 7.05 Å². The van der Waals surface area contributed by atoms with Crippen molar-refractivity contribution >= 4 is 16.1 Å². The summed E-state index contributed by atoms with van der Waals surface area (Å²) in [6.07, 6.45) is 2.68. The summed E-state index contributed by atoms with van der Waals surface area (Å²) in [4.78, 5) is 10.8. The van der Waals surface area contributed by atoms with Crippen LogP contribution in [0.5, 0.6) is 0 Å². The van der Waals surface area contributed by atoms with Crippen LogP contribution >= 0.6 is 0 Å². The number of carboxylic acid groups (broad SMARTS) is 1. The van der Waals surface area contributed by atoms with Gasteiger partial charge in [0.25, 0.3) is 10.1 Å². The fourth-order valence-corrected chi connectivity index (χ4v) is 2.56. The highest BCUT2D eigenvalue weighted by Crippen LogP contribution is 2.07.